The Morgan fingerprint density at radius 1 is 0.458 bits per heavy atom. The molecule has 0 saturated heterocycles. The largest absolute Gasteiger partial charge is 0.314 e. The second kappa shape index (κ2) is 17.8. The highest BCUT2D eigenvalue weighted by molar-refractivity contribution is 4.86. The zero-order valence-electron chi connectivity index (χ0n) is 17.7. The van der Waals surface area contributed by atoms with Crippen LogP contribution in [0.5, 0.6) is 0 Å². The number of hydrogen-bond acceptors (Lipinski definition) is 1. The van der Waals surface area contributed by atoms with Crippen LogP contribution in [0.3, 0.4) is 0 Å². The molecule has 1 nitrogen and oxygen atoms in total. The first-order valence-electron chi connectivity index (χ1n) is 11.4. The minimum Gasteiger partial charge on any atom is -0.314 e. The summed E-state index contributed by atoms with van der Waals surface area (Å²) < 4.78 is 0. The van der Waals surface area contributed by atoms with Gasteiger partial charge in [0.25, 0.3) is 0 Å². The maximum atomic E-state index is 3.78. The minimum absolute atomic E-state index is 0.435. The molecule has 0 bridgehead atoms. The van der Waals surface area contributed by atoms with Crippen molar-refractivity contribution in [1.29, 1.82) is 0 Å². The summed E-state index contributed by atoms with van der Waals surface area (Å²) in [5.74, 6) is 0. The number of nitrogens with one attached hydrogen (secondary N) is 1. The average molecular weight is 340 g/mol. The van der Waals surface area contributed by atoms with Gasteiger partial charge in [0.1, 0.15) is 0 Å². The second-order valence-electron chi connectivity index (χ2n) is 8.02. The SMILES string of the molecule is CCCCCCCCCC(CCCCCC)(CCCCCC)NC. The fourth-order valence-electron chi connectivity index (χ4n) is 3.95. The lowest BCUT2D eigenvalue weighted by Crippen LogP contribution is -2.43. The number of hydrogen-bond donors (Lipinski definition) is 1. The second-order valence-corrected chi connectivity index (χ2v) is 8.02. The van der Waals surface area contributed by atoms with E-state index in [4.69, 9.17) is 0 Å². The fourth-order valence-corrected chi connectivity index (χ4v) is 3.95. The summed E-state index contributed by atoms with van der Waals surface area (Å²) in [5.41, 5.74) is 0.435. The van der Waals surface area contributed by atoms with Gasteiger partial charge >= 0.3 is 0 Å². The van der Waals surface area contributed by atoms with Crippen molar-refractivity contribution in [2.45, 2.75) is 142 Å². The smallest absolute Gasteiger partial charge is 0.0178 e. The van der Waals surface area contributed by atoms with Crippen molar-refractivity contribution in [3.63, 3.8) is 0 Å². The summed E-state index contributed by atoms with van der Waals surface area (Å²) in [4.78, 5) is 0. The lowest BCUT2D eigenvalue weighted by Gasteiger charge is -2.34. The molecule has 0 aromatic carbocycles. The highest BCUT2D eigenvalue weighted by Gasteiger charge is 2.26. The molecular weight excluding hydrogens is 290 g/mol. The van der Waals surface area contributed by atoms with E-state index in [2.05, 4.69) is 33.1 Å². The van der Waals surface area contributed by atoms with Crippen LogP contribution in [0, 0.1) is 0 Å². The van der Waals surface area contributed by atoms with Crippen molar-refractivity contribution >= 4 is 0 Å². The maximum Gasteiger partial charge on any atom is 0.0178 e. The van der Waals surface area contributed by atoms with Crippen molar-refractivity contribution in [1.82, 2.24) is 5.32 Å². The van der Waals surface area contributed by atoms with Gasteiger partial charge in [-0.25, -0.2) is 0 Å². The van der Waals surface area contributed by atoms with Gasteiger partial charge in [0.2, 0.25) is 0 Å². The molecule has 0 saturated carbocycles. The molecule has 0 aliphatic heterocycles. The summed E-state index contributed by atoms with van der Waals surface area (Å²) in [6.45, 7) is 6.93. The first-order valence-corrected chi connectivity index (χ1v) is 11.4. The van der Waals surface area contributed by atoms with E-state index in [0.29, 0.717) is 5.54 Å². The molecular formula is C23H49N. The zero-order chi connectivity index (χ0) is 17.9. The lowest BCUT2D eigenvalue weighted by atomic mass is 9.82. The predicted octanol–water partition coefficient (Wildman–Crippen LogP) is 8.03. The van der Waals surface area contributed by atoms with Crippen LogP contribution < -0.4 is 5.32 Å². The van der Waals surface area contributed by atoms with Gasteiger partial charge in [-0.1, -0.05) is 117 Å². The molecule has 1 heteroatoms. The van der Waals surface area contributed by atoms with E-state index in [0.717, 1.165) is 0 Å². The normalized spacial score (nSPS) is 12.0. The summed E-state index contributed by atoms with van der Waals surface area (Å²) in [6, 6.07) is 0. The minimum atomic E-state index is 0.435. The first kappa shape index (κ1) is 24.0. The third-order valence-corrected chi connectivity index (χ3v) is 5.81. The van der Waals surface area contributed by atoms with Crippen LogP contribution >= 0.6 is 0 Å². The lowest BCUT2D eigenvalue weighted by molar-refractivity contribution is 0.252. The molecule has 146 valence electrons. The van der Waals surface area contributed by atoms with E-state index >= 15 is 0 Å². The summed E-state index contributed by atoms with van der Waals surface area (Å²) in [6.07, 6.45) is 25.4. The Morgan fingerprint density at radius 3 is 1.08 bits per heavy atom. The molecule has 0 fully saturated rings. The molecule has 1 N–H and O–H groups in total. The summed E-state index contributed by atoms with van der Waals surface area (Å²) in [5, 5.41) is 3.78. The first-order chi connectivity index (χ1) is 11.7. The average Bonchev–Trinajstić information content (AvgIpc) is 2.61. The van der Waals surface area contributed by atoms with Gasteiger partial charge < -0.3 is 5.32 Å². The molecule has 0 aliphatic carbocycles. The van der Waals surface area contributed by atoms with Crippen molar-refractivity contribution < 1.29 is 0 Å². The van der Waals surface area contributed by atoms with Crippen LogP contribution in [0.2, 0.25) is 0 Å². The molecule has 0 radical (unpaired) electrons. The van der Waals surface area contributed by atoms with Crippen molar-refractivity contribution in [2.24, 2.45) is 0 Å². The summed E-state index contributed by atoms with van der Waals surface area (Å²) >= 11 is 0. The van der Waals surface area contributed by atoms with Crippen LogP contribution in [0.1, 0.15) is 136 Å². The highest BCUT2D eigenvalue weighted by atomic mass is 14.9. The third-order valence-electron chi connectivity index (χ3n) is 5.81. The molecule has 0 aromatic rings. The standard InChI is InChI=1S/C23H49N/c1-5-8-11-14-15-16-19-22-23(24-4,20-17-12-9-6-2)21-18-13-10-7-3/h24H,5-22H2,1-4H3. The van der Waals surface area contributed by atoms with Crippen molar-refractivity contribution in [2.75, 3.05) is 7.05 Å². The quantitative estimate of drug-likeness (QED) is 0.235. The Hall–Kier alpha value is -0.0400. The Morgan fingerprint density at radius 2 is 0.750 bits per heavy atom. The van der Waals surface area contributed by atoms with Gasteiger partial charge in [0.15, 0.2) is 0 Å². The van der Waals surface area contributed by atoms with E-state index in [1.165, 1.54) is 116 Å². The molecule has 0 amide bonds. The van der Waals surface area contributed by atoms with Gasteiger partial charge in [-0.2, -0.15) is 0 Å². The maximum absolute atomic E-state index is 3.78. The Kier molecular flexibility index (Phi) is 17.7. The predicted molar refractivity (Wildman–Crippen MR) is 112 cm³/mol. The van der Waals surface area contributed by atoms with Crippen LogP contribution in [0.15, 0.2) is 0 Å². The van der Waals surface area contributed by atoms with E-state index < -0.39 is 0 Å². The van der Waals surface area contributed by atoms with Crippen LogP contribution in [-0.4, -0.2) is 12.6 Å². The third kappa shape index (κ3) is 13.3. The Bertz CT molecular complexity index is 224. The molecule has 0 spiro atoms. The number of unbranched alkanes of at least 4 members (excludes halogenated alkanes) is 12. The highest BCUT2D eigenvalue weighted by Crippen LogP contribution is 2.28. The van der Waals surface area contributed by atoms with Gasteiger partial charge in [-0.15, -0.1) is 0 Å². The van der Waals surface area contributed by atoms with E-state index in [1.807, 2.05) is 0 Å². The monoisotopic (exact) mass is 339 g/mol. The van der Waals surface area contributed by atoms with Crippen molar-refractivity contribution in [3.05, 3.63) is 0 Å². The number of rotatable bonds is 19. The molecule has 0 heterocycles. The molecule has 0 atom stereocenters. The Balaban J connectivity index is 4.15. The summed E-state index contributed by atoms with van der Waals surface area (Å²) in [7, 11) is 2.22. The fraction of sp³-hybridized carbons (Fsp3) is 1.00. The topological polar surface area (TPSA) is 12.0 Å². The molecule has 0 aliphatic rings. The van der Waals surface area contributed by atoms with E-state index in [9.17, 15) is 0 Å². The van der Waals surface area contributed by atoms with Crippen LogP contribution in [-0.2, 0) is 0 Å². The van der Waals surface area contributed by atoms with E-state index in [1.54, 1.807) is 0 Å². The molecule has 0 rings (SSSR count). The van der Waals surface area contributed by atoms with Gasteiger partial charge in [-0.05, 0) is 26.3 Å². The van der Waals surface area contributed by atoms with E-state index in [-0.39, 0.29) is 0 Å². The van der Waals surface area contributed by atoms with Crippen molar-refractivity contribution in [3.8, 4) is 0 Å². The molecule has 0 aromatic heterocycles. The zero-order valence-corrected chi connectivity index (χ0v) is 17.7. The van der Waals surface area contributed by atoms with Gasteiger partial charge in [0.05, 0.1) is 0 Å². The van der Waals surface area contributed by atoms with Gasteiger partial charge in [0, 0.05) is 5.54 Å². The molecule has 0 unspecified atom stereocenters. The van der Waals surface area contributed by atoms with Gasteiger partial charge in [-0.3, -0.25) is 0 Å². The van der Waals surface area contributed by atoms with Crippen LogP contribution in [0.4, 0.5) is 0 Å². The molecule has 24 heavy (non-hydrogen) atoms. The Labute approximate surface area is 154 Å². The van der Waals surface area contributed by atoms with Crippen LogP contribution in [0.25, 0.3) is 0 Å².